The molecular formula is C18H23N3O3S2. The first-order valence-corrected chi connectivity index (χ1v) is 11.1. The van der Waals surface area contributed by atoms with Crippen molar-refractivity contribution in [1.29, 1.82) is 0 Å². The van der Waals surface area contributed by atoms with Crippen molar-refractivity contribution in [2.75, 3.05) is 18.4 Å². The molecule has 1 amide bonds. The lowest BCUT2D eigenvalue weighted by atomic mass is 9.82. The molecule has 1 fully saturated rings. The van der Waals surface area contributed by atoms with E-state index >= 15 is 0 Å². The zero-order valence-electron chi connectivity index (χ0n) is 14.7. The minimum atomic E-state index is -3.47. The smallest absolute Gasteiger partial charge is 0.243 e. The van der Waals surface area contributed by atoms with Crippen LogP contribution in [0.4, 0.5) is 5.13 Å². The number of hydrogen-bond acceptors (Lipinski definition) is 5. The van der Waals surface area contributed by atoms with Gasteiger partial charge >= 0.3 is 0 Å². The first-order valence-electron chi connectivity index (χ1n) is 8.75. The highest BCUT2D eigenvalue weighted by atomic mass is 32.2. The summed E-state index contributed by atoms with van der Waals surface area (Å²) in [5, 5.41) is 5.24. The van der Waals surface area contributed by atoms with Crippen molar-refractivity contribution in [1.82, 2.24) is 9.29 Å². The zero-order chi connectivity index (χ0) is 18.6. The van der Waals surface area contributed by atoms with Gasteiger partial charge < -0.3 is 5.32 Å². The van der Waals surface area contributed by atoms with E-state index < -0.39 is 10.0 Å². The average molecular weight is 394 g/mol. The highest BCUT2D eigenvalue weighted by Gasteiger charge is 2.35. The predicted octanol–water partition coefficient (Wildman–Crippen LogP) is 3.21. The molecule has 1 N–H and O–H groups in total. The molecular weight excluding hydrogens is 370 g/mol. The predicted molar refractivity (Wildman–Crippen MR) is 102 cm³/mol. The van der Waals surface area contributed by atoms with E-state index in [2.05, 4.69) is 17.2 Å². The van der Waals surface area contributed by atoms with Gasteiger partial charge in [0.1, 0.15) is 0 Å². The molecule has 1 aliphatic heterocycles. The van der Waals surface area contributed by atoms with Crippen molar-refractivity contribution in [3.8, 4) is 0 Å². The standard InChI is InChI=1S/C18H23N3O3S2/c1-2-14-13-21(26(23,24)16-6-4-3-5-7-16)10-8-15(14)12-17(22)20-18-19-9-11-25-18/h3-7,9,11,14-15H,2,8,10,12-13H2,1H3,(H,19,20,22)/t14-,15-/m0/s1. The molecule has 2 atom stereocenters. The summed E-state index contributed by atoms with van der Waals surface area (Å²) < 4.78 is 27.2. The number of sulfonamides is 1. The van der Waals surface area contributed by atoms with Crippen LogP contribution in [0.5, 0.6) is 0 Å². The number of carbonyl (C=O) groups is 1. The van der Waals surface area contributed by atoms with E-state index in [1.54, 1.807) is 40.8 Å². The molecule has 0 unspecified atom stereocenters. The molecule has 0 spiro atoms. The Hall–Kier alpha value is -1.77. The molecule has 1 aromatic heterocycles. The van der Waals surface area contributed by atoms with Crippen LogP contribution in [0, 0.1) is 11.8 Å². The second-order valence-electron chi connectivity index (χ2n) is 6.48. The van der Waals surface area contributed by atoms with Crippen LogP contribution in [-0.4, -0.2) is 36.7 Å². The number of carbonyl (C=O) groups excluding carboxylic acids is 1. The number of rotatable bonds is 6. The lowest BCUT2D eigenvalue weighted by Crippen LogP contribution is -2.44. The van der Waals surface area contributed by atoms with Crippen molar-refractivity contribution >= 4 is 32.4 Å². The minimum absolute atomic E-state index is 0.0530. The van der Waals surface area contributed by atoms with Crippen molar-refractivity contribution in [2.24, 2.45) is 11.8 Å². The van der Waals surface area contributed by atoms with Gasteiger partial charge in [-0.25, -0.2) is 13.4 Å². The summed E-state index contributed by atoms with van der Waals surface area (Å²) in [6.45, 7) is 2.96. The Balaban J connectivity index is 1.64. The summed E-state index contributed by atoms with van der Waals surface area (Å²) >= 11 is 1.39. The van der Waals surface area contributed by atoms with Crippen LogP contribution in [0.25, 0.3) is 0 Å². The van der Waals surface area contributed by atoms with Crippen LogP contribution in [0.2, 0.25) is 0 Å². The summed E-state index contributed by atoms with van der Waals surface area (Å²) in [6, 6.07) is 8.54. The molecule has 6 nitrogen and oxygen atoms in total. The van der Waals surface area contributed by atoms with Crippen LogP contribution >= 0.6 is 11.3 Å². The van der Waals surface area contributed by atoms with Gasteiger partial charge in [-0.15, -0.1) is 11.3 Å². The van der Waals surface area contributed by atoms with Crippen molar-refractivity contribution < 1.29 is 13.2 Å². The molecule has 0 bridgehead atoms. The molecule has 140 valence electrons. The SMILES string of the molecule is CC[C@H]1CN(S(=O)(=O)c2ccccc2)CC[C@H]1CC(=O)Nc1nccs1. The van der Waals surface area contributed by atoms with Crippen LogP contribution in [0.3, 0.4) is 0 Å². The molecule has 0 aliphatic carbocycles. The topological polar surface area (TPSA) is 79.4 Å². The number of benzene rings is 1. The number of nitrogens with zero attached hydrogens (tertiary/aromatic N) is 2. The minimum Gasteiger partial charge on any atom is -0.302 e. The number of piperidine rings is 1. The lowest BCUT2D eigenvalue weighted by Gasteiger charge is -2.37. The van der Waals surface area contributed by atoms with Gasteiger partial charge in [0.05, 0.1) is 4.90 Å². The van der Waals surface area contributed by atoms with Crippen LogP contribution in [-0.2, 0) is 14.8 Å². The Morgan fingerprint density at radius 2 is 2.08 bits per heavy atom. The van der Waals surface area contributed by atoms with Gasteiger partial charge in [0.15, 0.2) is 5.13 Å². The molecule has 3 rings (SSSR count). The molecule has 0 radical (unpaired) electrons. The summed E-state index contributed by atoms with van der Waals surface area (Å²) in [4.78, 5) is 16.7. The fourth-order valence-electron chi connectivity index (χ4n) is 3.43. The Morgan fingerprint density at radius 1 is 1.31 bits per heavy atom. The van der Waals surface area contributed by atoms with Crippen LogP contribution < -0.4 is 5.32 Å². The van der Waals surface area contributed by atoms with Crippen molar-refractivity contribution in [3.63, 3.8) is 0 Å². The Morgan fingerprint density at radius 3 is 2.73 bits per heavy atom. The van der Waals surface area contributed by atoms with E-state index in [0.717, 1.165) is 6.42 Å². The molecule has 1 aromatic carbocycles. The quantitative estimate of drug-likeness (QED) is 0.817. The van der Waals surface area contributed by atoms with E-state index in [1.165, 1.54) is 11.3 Å². The zero-order valence-corrected chi connectivity index (χ0v) is 16.3. The highest BCUT2D eigenvalue weighted by molar-refractivity contribution is 7.89. The third kappa shape index (κ3) is 4.31. The van der Waals surface area contributed by atoms with Gasteiger partial charge in [0.2, 0.25) is 15.9 Å². The lowest BCUT2D eigenvalue weighted by molar-refractivity contribution is -0.117. The van der Waals surface area contributed by atoms with Gasteiger partial charge in [-0.1, -0.05) is 31.5 Å². The summed E-state index contributed by atoms with van der Waals surface area (Å²) in [7, 11) is -3.47. The Labute approximate surface area is 158 Å². The summed E-state index contributed by atoms with van der Waals surface area (Å²) in [6.07, 6.45) is 3.59. The van der Waals surface area contributed by atoms with Gasteiger partial charge in [0.25, 0.3) is 0 Å². The van der Waals surface area contributed by atoms with Gasteiger partial charge in [-0.05, 0) is 30.4 Å². The summed E-state index contributed by atoms with van der Waals surface area (Å²) in [5.41, 5.74) is 0. The van der Waals surface area contributed by atoms with Gasteiger partial charge in [-0.3, -0.25) is 4.79 Å². The maximum Gasteiger partial charge on any atom is 0.243 e. The fourth-order valence-corrected chi connectivity index (χ4v) is 5.51. The van der Waals surface area contributed by atoms with Gasteiger partial charge in [-0.2, -0.15) is 4.31 Å². The number of aromatic nitrogens is 1. The molecule has 8 heteroatoms. The summed E-state index contributed by atoms with van der Waals surface area (Å²) in [5.74, 6) is 0.300. The maximum absolute atomic E-state index is 12.8. The Kier molecular flexibility index (Phi) is 6.05. The first-order chi connectivity index (χ1) is 12.5. The molecule has 1 aliphatic rings. The molecule has 2 heterocycles. The largest absolute Gasteiger partial charge is 0.302 e. The van der Waals surface area contributed by atoms with E-state index in [4.69, 9.17) is 0 Å². The second-order valence-corrected chi connectivity index (χ2v) is 9.32. The molecule has 26 heavy (non-hydrogen) atoms. The maximum atomic E-state index is 12.8. The van der Waals surface area contributed by atoms with E-state index in [-0.39, 0.29) is 17.7 Å². The third-order valence-electron chi connectivity index (χ3n) is 4.89. The number of nitrogens with one attached hydrogen (secondary N) is 1. The van der Waals surface area contributed by atoms with E-state index in [0.29, 0.717) is 36.0 Å². The van der Waals surface area contributed by atoms with E-state index in [1.807, 2.05) is 5.38 Å². The van der Waals surface area contributed by atoms with Crippen molar-refractivity contribution in [3.05, 3.63) is 41.9 Å². The van der Waals surface area contributed by atoms with Gasteiger partial charge in [0, 0.05) is 31.1 Å². The Bertz CT molecular complexity index is 823. The number of thiazole rings is 1. The highest BCUT2D eigenvalue weighted by Crippen LogP contribution is 2.32. The van der Waals surface area contributed by atoms with Crippen molar-refractivity contribution in [2.45, 2.75) is 31.1 Å². The van der Waals surface area contributed by atoms with Crippen LogP contribution in [0.1, 0.15) is 26.2 Å². The second kappa shape index (κ2) is 8.28. The van der Waals surface area contributed by atoms with E-state index in [9.17, 15) is 13.2 Å². The molecule has 2 aromatic rings. The number of anilines is 1. The third-order valence-corrected chi connectivity index (χ3v) is 7.45. The average Bonchev–Trinajstić information content (AvgIpc) is 3.15. The normalized spacial score (nSPS) is 21.4. The van der Waals surface area contributed by atoms with Crippen LogP contribution in [0.15, 0.2) is 46.8 Å². The molecule has 0 saturated carbocycles. The first kappa shape index (κ1) is 19.0. The number of amides is 1. The fraction of sp³-hybridized carbons (Fsp3) is 0.444. The monoisotopic (exact) mass is 393 g/mol. The number of hydrogen-bond donors (Lipinski definition) is 1. The molecule has 1 saturated heterocycles.